The van der Waals surface area contributed by atoms with Gasteiger partial charge in [-0.25, -0.2) is 0 Å². The highest BCUT2D eigenvalue weighted by molar-refractivity contribution is 5.98. The fourth-order valence-electron chi connectivity index (χ4n) is 2.84. The largest absolute Gasteiger partial charge is 0.314 e. The van der Waals surface area contributed by atoms with E-state index in [1.165, 1.54) is 0 Å². The second-order valence-electron chi connectivity index (χ2n) is 6.57. The Morgan fingerprint density at radius 2 is 1.78 bits per heavy atom. The summed E-state index contributed by atoms with van der Waals surface area (Å²) >= 11 is 0. The Labute approximate surface area is 158 Å². The van der Waals surface area contributed by atoms with Crippen LogP contribution in [0.5, 0.6) is 0 Å². The van der Waals surface area contributed by atoms with Crippen molar-refractivity contribution in [2.75, 3.05) is 0 Å². The van der Waals surface area contributed by atoms with Gasteiger partial charge in [-0.2, -0.15) is 0 Å². The third-order valence-electron chi connectivity index (χ3n) is 4.52. The summed E-state index contributed by atoms with van der Waals surface area (Å²) in [5.41, 5.74) is 2.65. The molecule has 6 nitrogen and oxygen atoms in total. The molecule has 3 rings (SSSR count). The van der Waals surface area contributed by atoms with Crippen LogP contribution in [0.1, 0.15) is 41.0 Å². The van der Waals surface area contributed by atoms with Crippen molar-refractivity contribution in [1.82, 2.24) is 19.7 Å². The number of nitrogens with zero attached hydrogens (tertiary/aromatic N) is 4. The van der Waals surface area contributed by atoms with E-state index in [0.29, 0.717) is 18.4 Å². The van der Waals surface area contributed by atoms with E-state index in [1.54, 1.807) is 12.4 Å². The summed E-state index contributed by atoms with van der Waals surface area (Å²) in [6.45, 7) is 1.98. The van der Waals surface area contributed by atoms with Crippen LogP contribution in [0.25, 0.3) is 11.4 Å². The van der Waals surface area contributed by atoms with E-state index in [-0.39, 0.29) is 24.4 Å². The molecule has 3 aromatic rings. The van der Waals surface area contributed by atoms with Gasteiger partial charge >= 0.3 is 0 Å². The molecule has 0 unspecified atom stereocenters. The summed E-state index contributed by atoms with van der Waals surface area (Å²) < 4.78 is 1.88. The van der Waals surface area contributed by atoms with Gasteiger partial charge in [0, 0.05) is 56.3 Å². The summed E-state index contributed by atoms with van der Waals surface area (Å²) in [4.78, 5) is 28.4. The number of Topliss-reactive ketones (excluding diaryl/α,β-unsaturated/α-hetero) is 2. The van der Waals surface area contributed by atoms with Crippen LogP contribution in [0.3, 0.4) is 0 Å². The van der Waals surface area contributed by atoms with Gasteiger partial charge in [-0.05, 0) is 19.1 Å². The number of aromatic nitrogens is 4. The summed E-state index contributed by atoms with van der Waals surface area (Å²) in [5.74, 6) is 1.52. The van der Waals surface area contributed by atoms with Crippen molar-refractivity contribution in [2.45, 2.75) is 32.6 Å². The van der Waals surface area contributed by atoms with E-state index in [1.807, 2.05) is 54.9 Å². The molecular weight excluding hydrogens is 340 g/mol. The fourth-order valence-corrected chi connectivity index (χ4v) is 2.84. The van der Waals surface area contributed by atoms with Crippen LogP contribution in [0.4, 0.5) is 0 Å². The van der Waals surface area contributed by atoms with E-state index in [0.717, 1.165) is 22.8 Å². The first-order chi connectivity index (χ1) is 13.0. The standard InChI is InChI=1S/C21H22N4O2/c1-15-5-7-16(8-6-15)19(27)11-9-18(26)10-12-20-23-24-21(25(20)2)17-4-3-13-22-14-17/h3-8,13-14H,9-12H2,1-2H3. The lowest BCUT2D eigenvalue weighted by atomic mass is 10.0. The van der Waals surface area contributed by atoms with E-state index >= 15 is 0 Å². The third-order valence-corrected chi connectivity index (χ3v) is 4.52. The highest BCUT2D eigenvalue weighted by atomic mass is 16.1. The number of hydrogen-bond donors (Lipinski definition) is 0. The molecule has 2 aromatic heterocycles. The maximum Gasteiger partial charge on any atom is 0.165 e. The number of carbonyl (C=O) groups is 2. The van der Waals surface area contributed by atoms with Crippen LogP contribution in [0.2, 0.25) is 0 Å². The molecule has 0 aliphatic heterocycles. The van der Waals surface area contributed by atoms with E-state index in [2.05, 4.69) is 15.2 Å². The Morgan fingerprint density at radius 3 is 2.48 bits per heavy atom. The molecule has 0 saturated carbocycles. The van der Waals surface area contributed by atoms with Crippen LogP contribution in [0.15, 0.2) is 48.8 Å². The van der Waals surface area contributed by atoms with Crippen molar-refractivity contribution < 1.29 is 9.59 Å². The number of benzene rings is 1. The quantitative estimate of drug-likeness (QED) is 0.574. The fraction of sp³-hybridized carbons (Fsp3) is 0.286. The number of ketones is 2. The lowest BCUT2D eigenvalue weighted by molar-refractivity contribution is -0.119. The maximum absolute atomic E-state index is 12.2. The van der Waals surface area contributed by atoms with Gasteiger partial charge < -0.3 is 4.57 Å². The number of aryl methyl sites for hydroxylation is 2. The molecule has 1 aromatic carbocycles. The summed E-state index contributed by atoms with van der Waals surface area (Å²) in [6, 6.07) is 11.2. The Morgan fingerprint density at radius 1 is 1.00 bits per heavy atom. The van der Waals surface area contributed by atoms with Gasteiger partial charge in [0.25, 0.3) is 0 Å². The van der Waals surface area contributed by atoms with Gasteiger partial charge in [0.05, 0.1) is 0 Å². The zero-order valence-corrected chi connectivity index (χ0v) is 15.6. The van der Waals surface area contributed by atoms with E-state index in [4.69, 9.17) is 0 Å². The Bertz CT molecular complexity index is 931. The minimum absolute atomic E-state index is 0.000808. The third kappa shape index (κ3) is 4.73. The van der Waals surface area contributed by atoms with Crippen LogP contribution in [-0.4, -0.2) is 31.3 Å². The van der Waals surface area contributed by atoms with Gasteiger partial charge in [-0.1, -0.05) is 29.8 Å². The molecule has 0 aliphatic carbocycles. The SMILES string of the molecule is Cc1ccc(C(=O)CCC(=O)CCc2nnc(-c3cccnc3)n2C)cc1. The zero-order valence-electron chi connectivity index (χ0n) is 15.6. The predicted octanol–water partition coefficient (Wildman–Crippen LogP) is 3.35. The van der Waals surface area contributed by atoms with Crippen LogP contribution in [0, 0.1) is 6.92 Å². The van der Waals surface area contributed by atoms with Crippen molar-refractivity contribution in [3.05, 3.63) is 65.7 Å². The molecule has 0 radical (unpaired) electrons. The number of carbonyl (C=O) groups excluding carboxylic acids is 2. The van der Waals surface area contributed by atoms with E-state index < -0.39 is 0 Å². The summed E-state index contributed by atoms with van der Waals surface area (Å²) in [6.07, 6.45) is 4.77. The molecule has 0 fully saturated rings. The predicted molar refractivity (Wildman–Crippen MR) is 102 cm³/mol. The average molecular weight is 362 g/mol. The molecule has 0 bridgehead atoms. The number of hydrogen-bond acceptors (Lipinski definition) is 5. The molecule has 0 atom stereocenters. The first-order valence-electron chi connectivity index (χ1n) is 8.95. The Kier molecular flexibility index (Phi) is 5.86. The van der Waals surface area contributed by atoms with Crippen molar-refractivity contribution in [3.63, 3.8) is 0 Å². The lowest BCUT2D eigenvalue weighted by Crippen LogP contribution is -2.08. The summed E-state index contributed by atoms with van der Waals surface area (Å²) in [5, 5.41) is 8.37. The zero-order chi connectivity index (χ0) is 19.2. The molecule has 0 aliphatic rings. The van der Waals surface area contributed by atoms with Gasteiger partial charge in [-0.15, -0.1) is 10.2 Å². The number of pyridine rings is 1. The van der Waals surface area contributed by atoms with Crippen molar-refractivity contribution in [1.29, 1.82) is 0 Å². The van der Waals surface area contributed by atoms with Crippen LogP contribution < -0.4 is 0 Å². The lowest BCUT2D eigenvalue weighted by Gasteiger charge is -2.04. The minimum atomic E-state index is 0.000808. The van der Waals surface area contributed by atoms with Gasteiger partial charge in [0.1, 0.15) is 11.6 Å². The Balaban J connectivity index is 1.52. The van der Waals surface area contributed by atoms with Crippen LogP contribution >= 0.6 is 0 Å². The van der Waals surface area contributed by atoms with Gasteiger partial charge in [0.15, 0.2) is 11.6 Å². The highest BCUT2D eigenvalue weighted by Gasteiger charge is 2.14. The molecule has 0 spiro atoms. The van der Waals surface area contributed by atoms with Gasteiger partial charge in [0.2, 0.25) is 0 Å². The van der Waals surface area contributed by atoms with Gasteiger partial charge in [-0.3, -0.25) is 14.6 Å². The van der Waals surface area contributed by atoms with E-state index in [9.17, 15) is 9.59 Å². The molecule has 6 heteroatoms. The molecule has 2 heterocycles. The molecule has 27 heavy (non-hydrogen) atoms. The normalized spacial score (nSPS) is 10.7. The molecule has 0 N–H and O–H groups in total. The molecular formula is C21H22N4O2. The summed E-state index contributed by atoms with van der Waals surface area (Å²) in [7, 11) is 1.88. The van der Waals surface area contributed by atoms with Crippen molar-refractivity contribution in [3.8, 4) is 11.4 Å². The van der Waals surface area contributed by atoms with Crippen molar-refractivity contribution >= 4 is 11.6 Å². The number of rotatable bonds is 8. The Hall–Kier alpha value is -3.15. The highest BCUT2D eigenvalue weighted by Crippen LogP contribution is 2.16. The molecule has 0 saturated heterocycles. The maximum atomic E-state index is 12.2. The van der Waals surface area contributed by atoms with Crippen molar-refractivity contribution in [2.24, 2.45) is 7.05 Å². The second-order valence-corrected chi connectivity index (χ2v) is 6.57. The second kappa shape index (κ2) is 8.49. The first-order valence-corrected chi connectivity index (χ1v) is 8.95. The minimum Gasteiger partial charge on any atom is -0.314 e. The molecule has 138 valence electrons. The first kappa shape index (κ1) is 18.6. The smallest absolute Gasteiger partial charge is 0.165 e. The molecule has 0 amide bonds. The topological polar surface area (TPSA) is 77.7 Å². The average Bonchev–Trinajstić information content (AvgIpc) is 3.06. The monoisotopic (exact) mass is 362 g/mol. The van der Waals surface area contributed by atoms with Crippen LogP contribution in [-0.2, 0) is 18.3 Å².